The van der Waals surface area contributed by atoms with E-state index >= 15 is 0 Å². The molecule has 0 saturated heterocycles. The fourth-order valence-corrected chi connectivity index (χ4v) is 4.83. The van der Waals surface area contributed by atoms with Crippen molar-refractivity contribution >= 4 is 34.5 Å². The zero-order valence-corrected chi connectivity index (χ0v) is 18.9. The summed E-state index contributed by atoms with van der Waals surface area (Å²) in [5.74, 6) is -1.79. The van der Waals surface area contributed by atoms with Crippen LogP contribution in [0.15, 0.2) is 48.5 Å². The molecule has 0 spiro atoms. The van der Waals surface area contributed by atoms with Crippen molar-refractivity contribution in [2.75, 3.05) is 11.9 Å². The third-order valence-corrected chi connectivity index (χ3v) is 6.53. The van der Waals surface area contributed by atoms with Crippen LogP contribution in [0.4, 0.5) is 9.80 Å². The second-order valence-electron chi connectivity index (χ2n) is 7.70. The van der Waals surface area contributed by atoms with Crippen LogP contribution in [-0.2, 0) is 9.53 Å². The predicted octanol–water partition coefficient (Wildman–Crippen LogP) is 4.41. The van der Waals surface area contributed by atoms with Gasteiger partial charge >= 0.3 is 12.1 Å². The molecular formula is C24H23N3O5S. The highest BCUT2D eigenvalue weighted by molar-refractivity contribution is 7.11. The molecule has 0 radical (unpaired) electrons. The van der Waals surface area contributed by atoms with Gasteiger partial charge in [-0.25, -0.2) is 9.59 Å². The van der Waals surface area contributed by atoms with Gasteiger partial charge in [-0.1, -0.05) is 55.5 Å². The van der Waals surface area contributed by atoms with Crippen LogP contribution in [0.5, 0.6) is 0 Å². The van der Waals surface area contributed by atoms with Gasteiger partial charge in [0.05, 0.1) is 5.69 Å². The second kappa shape index (κ2) is 9.41. The van der Waals surface area contributed by atoms with Crippen LogP contribution in [0.2, 0.25) is 0 Å². The van der Waals surface area contributed by atoms with Crippen LogP contribution in [-0.4, -0.2) is 40.1 Å². The fraction of sp³-hybridized carbons (Fsp3) is 0.250. The Labute approximate surface area is 194 Å². The van der Waals surface area contributed by atoms with E-state index in [0.717, 1.165) is 33.8 Å². The first kappa shape index (κ1) is 22.5. The SMILES string of the molecule is CCC(NC(=O)OCC1c2ccccc2-c2ccccc21)C(=O)Nc1snc(C)c1C(=O)O. The molecule has 1 atom stereocenters. The number of alkyl carbamates (subject to hydrolysis) is 1. The van der Waals surface area contributed by atoms with Crippen LogP contribution in [0.25, 0.3) is 11.1 Å². The van der Waals surface area contributed by atoms with Gasteiger partial charge in [-0.2, -0.15) is 4.37 Å². The number of hydrogen-bond donors (Lipinski definition) is 3. The number of anilines is 1. The summed E-state index contributed by atoms with van der Waals surface area (Å²) in [6, 6.07) is 15.2. The number of amides is 2. The van der Waals surface area contributed by atoms with E-state index in [1.54, 1.807) is 13.8 Å². The van der Waals surface area contributed by atoms with E-state index in [-0.39, 0.29) is 23.1 Å². The molecule has 33 heavy (non-hydrogen) atoms. The molecule has 0 bridgehead atoms. The van der Waals surface area contributed by atoms with Gasteiger partial charge in [-0.05, 0) is 47.1 Å². The first-order valence-electron chi connectivity index (χ1n) is 10.5. The number of rotatable bonds is 7. The topological polar surface area (TPSA) is 118 Å². The Kier molecular flexibility index (Phi) is 6.41. The number of carbonyl (C=O) groups is 3. The van der Waals surface area contributed by atoms with Gasteiger partial charge in [0.1, 0.15) is 23.2 Å². The summed E-state index contributed by atoms with van der Waals surface area (Å²) in [6.07, 6.45) is -0.409. The molecule has 1 aliphatic rings. The van der Waals surface area contributed by atoms with E-state index in [1.807, 2.05) is 36.4 Å². The molecule has 8 nitrogen and oxygen atoms in total. The molecule has 3 N–H and O–H groups in total. The molecule has 4 rings (SSSR count). The first-order valence-corrected chi connectivity index (χ1v) is 11.3. The summed E-state index contributed by atoms with van der Waals surface area (Å²) < 4.78 is 9.49. The second-order valence-corrected chi connectivity index (χ2v) is 8.47. The summed E-state index contributed by atoms with van der Waals surface area (Å²) in [7, 11) is 0. The van der Waals surface area contributed by atoms with E-state index in [1.165, 1.54) is 0 Å². The Morgan fingerprint density at radius 2 is 1.70 bits per heavy atom. The van der Waals surface area contributed by atoms with Gasteiger partial charge < -0.3 is 20.5 Å². The minimum atomic E-state index is -1.17. The van der Waals surface area contributed by atoms with Crippen LogP contribution < -0.4 is 10.6 Å². The minimum absolute atomic E-state index is 0.0515. The number of fused-ring (bicyclic) bond motifs is 3. The normalized spacial score (nSPS) is 13.0. The Morgan fingerprint density at radius 3 is 2.27 bits per heavy atom. The lowest BCUT2D eigenvalue weighted by atomic mass is 9.98. The van der Waals surface area contributed by atoms with E-state index in [0.29, 0.717) is 12.1 Å². The summed E-state index contributed by atoms with van der Waals surface area (Å²) in [4.78, 5) is 36.6. The molecule has 1 aliphatic carbocycles. The number of aromatic carboxylic acids is 1. The highest BCUT2D eigenvalue weighted by atomic mass is 32.1. The number of carboxylic acids is 1. The van der Waals surface area contributed by atoms with Crippen LogP contribution in [0.3, 0.4) is 0 Å². The third kappa shape index (κ3) is 4.45. The fourth-order valence-electron chi connectivity index (χ4n) is 4.04. The van der Waals surface area contributed by atoms with E-state index in [4.69, 9.17) is 4.74 Å². The van der Waals surface area contributed by atoms with Gasteiger partial charge in [0.25, 0.3) is 0 Å². The van der Waals surface area contributed by atoms with Crippen LogP contribution in [0, 0.1) is 6.92 Å². The van der Waals surface area contributed by atoms with Crippen molar-refractivity contribution in [1.29, 1.82) is 0 Å². The standard InChI is InChI=1S/C24H23N3O5S/c1-3-19(21(28)26-22-20(23(29)30)13(2)27-33-22)25-24(31)32-12-18-16-10-6-4-8-14(16)15-9-5-7-11-17(15)18/h4-11,18-19H,3,12H2,1-2H3,(H,25,31)(H,26,28)(H,29,30). The molecule has 1 aromatic heterocycles. The Morgan fingerprint density at radius 1 is 1.09 bits per heavy atom. The molecule has 1 unspecified atom stereocenters. The van der Waals surface area contributed by atoms with Gasteiger partial charge in [-0.3, -0.25) is 4.79 Å². The lowest BCUT2D eigenvalue weighted by Gasteiger charge is -2.18. The Bertz CT molecular complexity index is 1180. The van der Waals surface area contributed by atoms with Gasteiger partial charge in [0.15, 0.2) is 0 Å². The van der Waals surface area contributed by atoms with Gasteiger partial charge in [0.2, 0.25) is 5.91 Å². The number of hydrogen-bond acceptors (Lipinski definition) is 6. The zero-order chi connectivity index (χ0) is 23.5. The average molecular weight is 466 g/mol. The number of aryl methyl sites for hydroxylation is 1. The average Bonchev–Trinajstić information content (AvgIpc) is 3.33. The first-order chi connectivity index (χ1) is 15.9. The monoisotopic (exact) mass is 465 g/mol. The maximum Gasteiger partial charge on any atom is 0.407 e. The van der Waals surface area contributed by atoms with Crippen molar-refractivity contribution < 1.29 is 24.2 Å². The largest absolute Gasteiger partial charge is 0.478 e. The van der Waals surface area contributed by atoms with Gasteiger partial charge in [0, 0.05) is 5.92 Å². The highest BCUT2D eigenvalue weighted by Gasteiger charge is 2.30. The predicted molar refractivity (Wildman–Crippen MR) is 125 cm³/mol. The van der Waals surface area contributed by atoms with Crippen LogP contribution in [0.1, 0.15) is 46.4 Å². The van der Waals surface area contributed by atoms with Crippen molar-refractivity contribution in [1.82, 2.24) is 9.69 Å². The maximum atomic E-state index is 12.7. The Hall–Kier alpha value is -3.72. The molecule has 3 aromatic rings. The van der Waals surface area contributed by atoms with E-state index in [9.17, 15) is 19.5 Å². The van der Waals surface area contributed by atoms with Crippen molar-refractivity contribution in [3.63, 3.8) is 0 Å². The number of ether oxygens (including phenoxy) is 1. The summed E-state index contributed by atoms with van der Waals surface area (Å²) in [5.41, 5.74) is 4.71. The quantitative estimate of drug-likeness (QED) is 0.476. The summed E-state index contributed by atoms with van der Waals surface area (Å²) in [5, 5.41) is 14.6. The maximum absolute atomic E-state index is 12.7. The number of carbonyl (C=O) groups excluding carboxylic acids is 2. The highest BCUT2D eigenvalue weighted by Crippen LogP contribution is 2.44. The molecule has 1 heterocycles. The number of aromatic nitrogens is 1. The molecule has 2 amide bonds. The molecular weight excluding hydrogens is 442 g/mol. The number of carboxylic acid groups (broad SMARTS) is 1. The molecule has 0 saturated carbocycles. The van der Waals surface area contributed by atoms with Gasteiger partial charge in [-0.15, -0.1) is 0 Å². The number of nitrogens with zero attached hydrogens (tertiary/aromatic N) is 1. The molecule has 170 valence electrons. The van der Waals surface area contributed by atoms with E-state index < -0.39 is 24.0 Å². The van der Waals surface area contributed by atoms with Crippen molar-refractivity contribution in [3.8, 4) is 11.1 Å². The minimum Gasteiger partial charge on any atom is -0.478 e. The smallest absolute Gasteiger partial charge is 0.407 e. The van der Waals surface area contributed by atoms with Crippen molar-refractivity contribution in [2.45, 2.75) is 32.2 Å². The lowest BCUT2D eigenvalue weighted by molar-refractivity contribution is -0.118. The van der Waals surface area contributed by atoms with Crippen molar-refractivity contribution in [2.24, 2.45) is 0 Å². The Balaban J connectivity index is 1.40. The van der Waals surface area contributed by atoms with E-state index in [2.05, 4.69) is 27.1 Å². The molecule has 0 fully saturated rings. The summed E-state index contributed by atoms with van der Waals surface area (Å²) in [6.45, 7) is 3.43. The molecule has 2 aromatic carbocycles. The van der Waals surface area contributed by atoms with Crippen LogP contribution >= 0.6 is 11.5 Å². The third-order valence-electron chi connectivity index (χ3n) is 5.67. The molecule has 0 aliphatic heterocycles. The summed E-state index contributed by atoms with van der Waals surface area (Å²) >= 11 is 0.887. The van der Waals surface area contributed by atoms with Crippen molar-refractivity contribution in [3.05, 3.63) is 70.9 Å². The molecule has 9 heteroatoms. The lowest BCUT2D eigenvalue weighted by Crippen LogP contribution is -2.43. The zero-order valence-electron chi connectivity index (χ0n) is 18.1. The number of benzene rings is 2. The number of nitrogens with one attached hydrogen (secondary N) is 2.